The SMILES string of the molecule is C[C@@H]1CN(c2cc(F)c(C3=CCN(CS(=O)[O-])CC3)cc2NC(=O)c2c[nH]c(=O)cc2C(F)(F)F)C[C@H](C)N1C. The molecule has 9 nitrogen and oxygen atoms in total. The summed E-state index contributed by atoms with van der Waals surface area (Å²) in [6.45, 7) is 5.59. The van der Waals surface area contributed by atoms with Gasteiger partial charge in [0.2, 0.25) is 5.56 Å². The summed E-state index contributed by atoms with van der Waals surface area (Å²) in [5.41, 5.74) is -1.98. The van der Waals surface area contributed by atoms with Crippen molar-refractivity contribution in [2.45, 2.75) is 38.5 Å². The van der Waals surface area contributed by atoms with Gasteiger partial charge in [0.15, 0.2) is 0 Å². The van der Waals surface area contributed by atoms with Gasteiger partial charge in [0.05, 0.1) is 28.4 Å². The number of halogens is 4. The predicted octanol–water partition coefficient (Wildman–Crippen LogP) is 3.24. The fourth-order valence-corrected chi connectivity index (χ4v) is 5.61. The summed E-state index contributed by atoms with van der Waals surface area (Å²) in [6, 6.07) is 3.15. The number of hydrogen-bond donors (Lipinski definition) is 2. The van der Waals surface area contributed by atoms with Crippen LogP contribution in [0.5, 0.6) is 0 Å². The molecule has 2 aromatic rings. The third-order valence-electron chi connectivity index (χ3n) is 7.44. The van der Waals surface area contributed by atoms with Crippen LogP contribution in [0.1, 0.15) is 41.8 Å². The van der Waals surface area contributed by atoms with Crippen molar-refractivity contribution >= 4 is 33.9 Å². The Bertz CT molecular complexity index is 1380. The zero-order valence-electron chi connectivity index (χ0n) is 22.2. The molecule has 218 valence electrons. The molecule has 1 fully saturated rings. The lowest BCUT2D eigenvalue weighted by atomic mass is 9.97. The van der Waals surface area contributed by atoms with Crippen LogP contribution >= 0.6 is 0 Å². The van der Waals surface area contributed by atoms with Crippen LogP contribution in [0, 0.1) is 5.82 Å². The molecule has 3 atom stereocenters. The Morgan fingerprint density at radius 3 is 2.45 bits per heavy atom. The fraction of sp³-hybridized carbons (Fsp3) is 0.462. The third-order valence-corrected chi connectivity index (χ3v) is 8.01. The standard InChI is InChI=1S/C26H31F4N5O4S/c1-15-12-35(13-16(2)33(15)3)23-10-21(27)18(17-4-6-34(7-5-17)14-40(38)39)8-22(23)32-25(37)19-11-31-24(36)9-20(19)26(28,29)30/h4,8-11,15-16H,5-7,12-14H2,1-3H3,(H,31,36)(H,32,37)(H,38,39)/p-1/t15-,16+. The van der Waals surface area contributed by atoms with Gasteiger partial charge in [-0.3, -0.25) is 23.6 Å². The van der Waals surface area contributed by atoms with E-state index in [1.54, 1.807) is 11.0 Å². The van der Waals surface area contributed by atoms with E-state index in [4.69, 9.17) is 0 Å². The second-order valence-corrected chi connectivity index (χ2v) is 11.0. The van der Waals surface area contributed by atoms with Crippen LogP contribution in [-0.4, -0.2) is 80.6 Å². The van der Waals surface area contributed by atoms with E-state index in [1.165, 1.54) is 12.1 Å². The lowest BCUT2D eigenvalue weighted by Crippen LogP contribution is -2.55. The Morgan fingerprint density at radius 2 is 1.88 bits per heavy atom. The molecule has 0 spiro atoms. The van der Waals surface area contributed by atoms with E-state index in [0.717, 1.165) is 0 Å². The quantitative estimate of drug-likeness (QED) is 0.396. The number of pyridine rings is 1. The van der Waals surface area contributed by atoms with Gasteiger partial charge in [-0.25, -0.2) is 4.39 Å². The molecule has 1 aromatic heterocycles. The van der Waals surface area contributed by atoms with Gasteiger partial charge in [0, 0.05) is 56.1 Å². The van der Waals surface area contributed by atoms with Gasteiger partial charge in [-0.15, -0.1) is 0 Å². The number of nitrogens with one attached hydrogen (secondary N) is 2. The van der Waals surface area contributed by atoms with Gasteiger partial charge < -0.3 is 19.8 Å². The number of amides is 1. The zero-order valence-corrected chi connectivity index (χ0v) is 23.0. The highest BCUT2D eigenvalue weighted by Gasteiger charge is 2.36. The molecule has 14 heteroatoms. The monoisotopic (exact) mass is 584 g/mol. The lowest BCUT2D eigenvalue weighted by Gasteiger charge is -2.44. The highest BCUT2D eigenvalue weighted by molar-refractivity contribution is 7.79. The number of rotatable bonds is 6. The number of H-pyrrole nitrogens is 1. The molecule has 1 amide bonds. The maximum atomic E-state index is 15.6. The van der Waals surface area contributed by atoms with Crippen molar-refractivity contribution in [3.8, 4) is 0 Å². The summed E-state index contributed by atoms with van der Waals surface area (Å²) in [5.74, 6) is -1.84. The molecule has 0 radical (unpaired) electrons. The van der Waals surface area contributed by atoms with E-state index in [-0.39, 0.29) is 35.8 Å². The first-order chi connectivity index (χ1) is 18.7. The highest BCUT2D eigenvalue weighted by Crippen LogP contribution is 2.37. The minimum atomic E-state index is -4.95. The van der Waals surface area contributed by atoms with Crippen molar-refractivity contribution in [1.82, 2.24) is 14.8 Å². The maximum Gasteiger partial charge on any atom is 0.417 e. The number of benzene rings is 1. The Kier molecular flexibility index (Phi) is 8.83. The number of anilines is 2. The van der Waals surface area contributed by atoms with Crippen LogP contribution in [-0.2, 0) is 17.3 Å². The van der Waals surface area contributed by atoms with Crippen molar-refractivity contribution in [1.29, 1.82) is 0 Å². The normalized spacial score (nSPS) is 21.7. The van der Waals surface area contributed by atoms with Gasteiger partial charge in [0.25, 0.3) is 5.91 Å². The molecule has 40 heavy (non-hydrogen) atoms. The van der Waals surface area contributed by atoms with Gasteiger partial charge in [-0.05, 0) is 56.1 Å². The second-order valence-electron chi connectivity index (χ2n) is 10.2. The largest absolute Gasteiger partial charge is 0.771 e. The van der Waals surface area contributed by atoms with E-state index >= 15 is 4.39 Å². The van der Waals surface area contributed by atoms with E-state index in [9.17, 15) is 31.5 Å². The van der Waals surface area contributed by atoms with Crippen LogP contribution in [0.15, 0.2) is 35.3 Å². The van der Waals surface area contributed by atoms with Crippen LogP contribution < -0.4 is 15.8 Å². The number of likely N-dealkylation sites (N-methyl/N-ethyl adjacent to an activating group) is 1. The molecule has 2 aliphatic rings. The van der Waals surface area contributed by atoms with Gasteiger partial charge in [-0.2, -0.15) is 13.2 Å². The van der Waals surface area contributed by atoms with Gasteiger partial charge >= 0.3 is 6.18 Å². The predicted molar refractivity (Wildman–Crippen MR) is 143 cm³/mol. The number of alkyl halides is 3. The van der Waals surface area contributed by atoms with Gasteiger partial charge in [-0.1, -0.05) is 6.08 Å². The van der Waals surface area contributed by atoms with Crippen molar-refractivity contribution in [2.24, 2.45) is 0 Å². The number of aromatic amines is 1. The number of carbonyl (C=O) groups is 1. The Balaban J connectivity index is 1.75. The van der Waals surface area contributed by atoms with Gasteiger partial charge in [0.1, 0.15) is 5.82 Å². The van der Waals surface area contributed by atoms with Crippen LogP contribution in [0.4, 0.5) is 28.9 Å². The number of carbonyl (C=O) groups excluding carboxylic acids is 1. The molecule has 2 aliphatic heterocycles. The summed E-state index contributed by atoms with van der Waals surface area (Å²) in [6.07, 6.45) is -2.21. The van der Waals surface area contributed by atoms with E-state index in [2.05, 4.69) is 15.2 Å². The summed E-state index contributed by atoms with van der Waals surface area (Å²) >= 11 is -2.26. The first kappa shape index (κ1) is 29.9. The first-order valence-corrected chi connectivity index (χ1v) is 13.9. The average molecular weight is 585 g/mol. The molecule has 1 aromatic carbocycles. The zero-order chi connectivity index (χ0) is 29.4. The van der Waals surface area contributed by atoms with Crippen LogP contribution in [0.25, 0.3) is 5.57 Å². The number of hydrogen-bond acceptors (Lipinski definition) is 7. The molecule has 4 rings (SSSR count). The van der Waals surface area contributed by atoms with Crippen LogP contribution in [0.3, 0.4) is 0 Å². The molecular formula is C26H30F4N5O4S-. The maximum absolute atomic E-state index is 15.6. The highest BCUT2D eigenvalue weighted by atomic mass is 32.2. The van der Waals surface area contributed by atoms with Crippen molar-refractivity contribution in [3.63, 3.8) is 0 Å². The molecule has 1 unspecified atom stereocenters. The fourth-order valence-electron chi connectivity index (χ4n) is 5.08. The Morgan fingerprint density at radius 1 is 1.20 bits per heavy atom. The minimum absolute atomic E-state index is 0.0738. The summed E-state index contributed by atoms with van der Waals surface area (Å²) in [5, 5.41) is 2.54. The summed E-state index contributed by atoms with van der Waals surface area (Å²) in [7, 11) is 1.97. The average Bonchev–Trinajstić information content (AvgIpc) is 2.87. The Hall–Kier alpha value is -3.07. The van der Waals surface area contributed by atoms with Crippen molar-refractivity contribution < 1.29 is 31.1 Å². The van der Waals surface area contributed by atoms with E-state index < -0.39 is 45.7 Å². The lowest BCUT2D eigenvalue weighted by molar-refractivity contribution is -0.138. The van der Waals surface area contributed by atoms with Crippen LogP contribution in [0.2, 0.25) is 0 Å². The van der Waals surface area contributed by atoms with Crippen molar-refractivity contribution in [3.05, 3.63) is 63.3 Å². The second kappa shape index (κ2) is 11.8. The minimum Gasteiger partial charge on any atom is -0.771 e. The van der Waals surface area contributed by atoms with E-state index in [1.807, 2.05) is 25.8 Å². The topological polar surface area (TPSA) is 112 Å². The van der Waals surface area contributed by atoms with Crippen molar-refractivity contribution in [2.75, 3.05) is 49.3 Å². The summed E-state index contributed by atoms with van der Waals surface area (Å²) < 4.78 is 78.6. The summed E-state index contributed by atoms with van der Waals surface area (Å²) in [4.78, 5) is 32.6. The van der Waals surface area contributed by atoms with E-state index in [0.29, 0.717) is 49.6 Å². The molecule has 2 N–H and O–H groups in total. The smallest absolute Gasteiger partial charge is 0.417 e. The first-order valence-electron chi connectivity index (χ1n) is 12.6. The molecule has 0 saturated carbocycles. The molecule has 0 bridgehead atoms. The molecule has 0 aliphatic carbocycles. The molecular weight excluding hydrogens is 554 g/mol. The molecule has 3 heterocycles. The number of aromatic nitrogens is 1. The number of nitrogens with zero attached hydrogens (tertiary/aromatic N) is 3. The number of piperazine rings is 1. The molecule has 1 saturated heterocycles. The third kappa shape index (κ3) is 6.62. The Labute approximate surface area is 231 Å².